The summed E-state index contributed by atoms with van der Waals surface area (Å²) in [6.07, 6.45) is 3.82. The molecular formula is C24H27F2NO3. The van der Waals surface area contributed by atoms with Crippen LogP contribution in [0.25, 0.3) is 0 Å². The molecule has 0 aromatic heterocycles. The van der Waals surface area contributed by atoms with Crippen LogP contribution < -0.4 is 4.74 Å². The number of rotatable bonds is 6. The second-order valence-corrected chi connectivity index (χ2v) is 8.24. The number of methoxy groups -OCH3 is 1. The second-order valence-electron chi connectivity index (χ2n) is 8.24. The van der Waals surface area contributed by atoms with Crippen LogP contribution >= 0.6 is 0 Å². The summed E-state index contributed by atoms with van der Waals surface area (Å²) in [6.45, 7) is 3.75. The number of piperidine rings is 1. The molecule has 2 aromatic rings. The van der Waals surface area contributed by atoms with Gasteiger partial charge in [-0.25, -0.2) is 13.6 Å². The van der Waals surface area contributed by atoms with Crippen LogP contribution in [0.5, 0.6) is 5.75 Å². The summed E-state index contributed by atoms with van der Waals surface area (Å²) in [5.41, 5.74) is 1.91. The van der Waals surface area contributed by atoms with Crippen LogP contribution in [0.15, 0.2) is 36.4 Å². The zero-order chi connectivity index (χ0) is 21.3. The standard InChI is InChI=1S/C24H27F2NO3/c1-15(16-7-9-18(25)10-8-16)27-11-3-4-19(14-27)30-23-13-22(26)21(24(28)29-2)12-20(23)17-5-6-17/h7-10,12-13,15,17,19H,3-6,11,14H2,1-2H3/t15?,19-/m1/s1. The van der Waals surface area contributed by atoms with Gasteiger partial charge in [0.2, 0.25) is 0 Å². The highest BCUT2D eigenvalue weighted by Gasteiger charge is 2.32. The van der Waals surface area contributed by atoms with Crippen LogP contribution in [-0.2, 0) is 4.74 Å². The average molecular weight is 415 g/mol. The van der Waals surface area contributed by atoms with Gasteiger partial charge in [-0.05, 0) is 74.4 Å². The highest BCUT2D eigenvalue weighted by molar-refractivity contribution is 5.90. The Hall–Kier alpha value is -2.47. The third-order valence-corrected chi connectivity index (χ3v) is 6.13. The maximum Gasteiger partial charge on any atom is 0.340 e. The van der Waals surface area contributed by atoms with E-state index in [-0.39, 0.29) is 23.5 Å². The van der Waals surface area contributed by atoms with Crippen molar-refractivity contribution in [2.45, 2.75) is 50.7 Å². The molecule has 2 fully saturated rings. The minimum atomic E-state index is -0.669. The van der Waals surface area contributed by atoms with Gasteiger partial charge in [0.05, 0.1) is 12.7 Å². The molecule has 0 spiro atoms. The Morgan fingerprint density at radius 1 is 1.13 bits per heavy atom. The van der Waals surface area contributed by atoms with Gasteiger partial charge in [0.15, 0.2) is 0 Å². The normalized spacial score (nSPS) is 20.6. The molecule has 1 aliphatic heterocycles. The van der Waals surface area contributed by atoms with Crippen molar-refractivity contribution in [3.8, 4) is 5.75 Å². The third-order valence-electron chi connectivity index (χ3n) is 6.13. The van der Waals surface area contributed by atoms with Crippen molar-refractivity contribution in [3.63, 3.8) is 0 Å². The molecule has 1 saturated carbocycles. The van der Waals surface area contributed by atoms with Crippen molar-refractivity contribution in [1.82, 2.24) is 4.90 Å². The lowest BCUT2D eigenvalue weighted by molar-refractivity contribution is 0.0592. The zero-order valence-electron chi connectivity index (χ0n) is 17.4. The molecule has 0 N–H and O–H groups in total. The first-order chi connectivity index (χ1) is 14.5. The van der Waals surface area contributed by atoms with Crippen molar-refractivity contribution in [2.75, 3.05) is 20.2 Å². The van der Waals surface area contributed by atoms with Crippen LogP contribution in [0, 0.1) is 11.6 Å². The molecule has 2 aliphatic rings. The van der Waals surface area contributed by atoms with E-state index in [2.05, 4.69) is 11.8 Å². The summed E-state index contributed by atoms with van der Waals surface area (Å²) < 4.78 is 38.8. The van der Waals surface area contributed by atoms with E-state index in [4.69, 9.17) is 9.47 Å². The van der Waals surface area contributed by atoms with Crippen LogP contribution in [0.1, 0.15) is 66.1 Å². The summed E-state index contributed by atoms with van der Waals surface area (Å²) in [5, 5.41) is 0. The topological polar surface area (TPSA) is 38.8 Å². The summed E-state index contributed by atoms with van der Waals surface area (Å²) in [6, 6.07) is 9.67. The number of benzene rings is 2. The second kappa shape index (κ2) is 8.72. The van der Waals surface area contributed by atoms with Crippen LogP contribution in [0.2, 0.25) is 0 Å². The molecule has 1 aliphatic carbocycles. The number of halogens is 2. The maximum absolute atomic E-state index is 14.5. The number of nitrogens with zero attached hydrogens (tertiary/aromatic N) is 1. The van der Waals surface area contributed by atoms with Crippen molar-refractivity contribution in [2.24, 2.45) is 0 Å². The van der Waals surface area contributed by atoms with Gasteiger partial charge in [0.1, 0.15) is 23.5 Å². The number of hydrogen-bond acceptors (Lipinski definition) is 4. The Morgan fingerprint density at radius 3 is 2.53 bits per heavy atom. The third kappa shape index (κ3) is 4.48. The number of hydrogen-bond donors (Lipinski definition) is 0. The Balaban J connectivity index is 1.50. The Kier molecular flexibility index (Phi) is 6.04. The SMILES string of the molecule is COC(=O)c1cc(C2CC2)c(O[C@@H]2CCCN(C(C)c3ccc(F)cc3)C2)cc1F. The van der Waals surface area contributed by atoms with Crippen molar-refractivity contribution in [1.29, 1.82) is 0 Å². The molecule has 1 unspecified atom stereocenters. The number of likely N-dealkylation sites (tertiary alicyclic amines) is 1. The fraction of sp³-hybridized carbons (Fsp3) is 0.458. The fourth-order valence-corrected chi connectivity index (χ4v) is 4.20. The molecule has 4 nitrogen and oxygen atoms in total. The van der Waals surface area contributed by atoms with Gasteiger partial charge in [0, 0.05) is 18.7 Å². The molecular weight excluding hydrogens is 388 g/mol. The molecule has 2 aromatic carbocycles. The maximum atomic E-state index is 14.5. The molecule has 1 heterocycles. The van der Waals surface area contributed by atoms with Gasteiger partial charge < -0.3 is 9.47 Å². The number of carbonyl (C=O) groups is 1. The van der Waals surface area contributed by atoms with E-state index in [1.165, 1.54) is 25.3 Å². The van der Waals surface area contributed by atoms with E-state index in [0.29, 0.717) is 18.2 Å². The molecule has 0 radical (unpaired) electrons. The van der Waals surface area contributed by atoms with Gasteiger partial charge in [-0.1, -0.05) is 12.1 Å². The first-order valence-corrected chi connectivity index (χ1v) is 10.5. The van der Waals surface area contributed by atoms with E-state index < -0.39 is 11.8 Å². The first-order valence-electron chi connectivity index (χ1n) is 10.5. The van der Waals surface area contributed by atoms with Crippen molar-refractivity contribution < 1.29 is 23.0 Å². The first kappa shape index (κ1) is 20.8. The summed E-state index contributed by atoms with van der Waals surface area (Å²) in [7, 11) is 1.25. The van der Waals surface area contributed by atoms with E-state index in [0.717, 1.165) is 43.4 Å². The molecule has 1 saturated heterocycles. The molecule has 2 atom stereocenters. The van der Waals surface area contributed by atoms with Gasteiger partial charge in [-0.15, -0.1) is 0 Å². The molecule has 30 heavy (non-hydrogen) atoms. The van der Waals surface area contributed by atoms with Gasteiger partial charge in [0.25, 0.3) is 0 Å². The van der Waals surface area contributed by atoms with Crippen LogP contribution in [0.4, 0.5) is 8.78 Å². The molecule has 160 valence electrons. The fourth-order valence-electron chi connectivity index (χ4n) is 4.20. The number of esters is 1. The van der Waals surface area contributed by atoms with Crippen LogP contribution in [-0.4, -0.2) is 37.2 Å². The summed E-state index contributed by atoms with van der Waals surface area (Å²) in [4.78, 5) is 14.2. The monoisotopic (exact) mass is 415 g/mol. The predicted molar refractivity (Wildman–Crippen MR) is 110 cm³/mol. The van der Waals surface area contributed by atoms with Gasteiger partial charge in [-0.2, -0.15) is 0 Å². The smallest absolute Gasteiger partial charge is 0.340 e. The van der Waals surface area contributed by atoms with E-state index in [9.17, 15) is 13.6 Å². The number of carbonyl (C=O) groups excluding carboxylic acids is 1. The van der Waals surface area contributed by atoms with E-state index in [1.54, 1.807) is 6.07 Å². The average Bonchev–Trinajstić information content (AvgIpc) is 3.59. The van der Waals surface area contributed by atoms with Gasteiger partial charge in [-0.3, -0.25) is 4.90 Å². The molecule has 6 heteroatoms. The predicted octanol–water partition coefficient (Wildman–Crippen LogP) is 5.23. The molecule has 0 bridgehead atoms. The molecule has 4 rings (SSSR count). The lowest BCUT2D eigenvalue weighted by Crippen LogP contribution is -2.42. The minimum absolute atomic E-state index is 0.0399. The molecule has 0 amide bonds. The Labute approximate surface area is 175 Å². The van der Waals surface area contributed by atoms with Crippen molar-refractivity contribution >= 4 is 5.97 Å². The quantitative estimate of drug-likeness (QED) is 0.606. The van der Waals surface area contributed by atoms with Crippen molar-refractivity contribution in [3.05, 3.63) is 64.7 Å². The lowest BCUT2D eigenvalue weighted by Gasteiger charge is -2.37. The highest BCUT2D eigenvalue weighted by atomic mass is 19.1. The Bertz CT molecular complexity index is 911. The van der Waals surface area contributed by atoms with E-state index >= 15 is 0 Å². The van der Waals surface area contributed by atoms with Crippen LogP contribution in [0.3, 0.4) is 0 Å². The highest BCUT2D eigenvalue weighted by Crippen LogP contribution is 2.45. The minimum Gasteiger partial charge on any atom is -0.489 e. The largest absolute Gasteiger partial charge is 0.489 e. The summed E-state index contributed by atoms with van der Waals surface area (Å²) in [5.74, 6) is -0.687. The van der Waals surface area contributed by atoms with Gasteiger partial charge >= 0.3 is 5.97 Å². The zero-order valence-corrected chi connectivity index (χ0v) is 17.4. The summed E-state index contributed by atoms with van der Waals surface area (Å²) >= 11 is 0. The Morgan fingerprint density at radius 2 is 1.87 bits per heavy atom. The van der Waals surface area contributed by atoms with E-state index in [1.807, 2.05) is 12.1 Å². The number of ether oxygens (including phenoxy) is 2. The lowest BCUT2D eigenvalue weighted by atomic mass is 10.0.